The normalized spacial score (nSPS) is 12.1. The third kappa shape index (κ3) is 6.29. The summed E-state index contributed by atoms with van der Waals surface area (Å²) >= 11 is 3.75. The van der Waals surface area contributed by atoms with Crippen molar-refractivity contribution in [2.45, 2.75) is 5.92 Å². The Hall–Kier alpha value is -7.30. The van der Waals surface area contributed by atoms with Crippen LogP contribution in [0.5, 0.6) is 0 Å². The van der Waals surface area contributed by atoms with Gasteiger partial charge in [0.2, 0.25) is 0 Å². The van der Waals surface area contributed by atoms with Gasteiger partial charge in [0.05, 0.1) is 5.69 Å². The Labute approximate surface area is 369 Å². The molecule has 1 unspecified atom stereocenters. The van der Waals surface area contributed by atoms with E-state index in [4.69, 9.17) is 0 Å². The van der Waals surface area contributed by atoms with E-state index < -0.39 is 0 Å². The lowest BCUT2D eigenvalue weighted by Crippen LogP contribution is -2.11. The number of fused-ring (bicyclic) bond motifs is 7. The van der Waals surface area contributed by atoms with Crippen LogP contribution in [0.15, 0.2) is 231 Å². The van der Waals surface area contributed by atoms with Gasteiger partial charge in [0.1, 0.15) is 0 Å². The maximum absolute atomic E-state index is 2.52. The van der Waals surface area contributed by atoms with Gasteiger partial charge >= 0.3 is 0 Å². The summed E-state index contributed by atoms with van der Waals surface area (Å²) < 4.78 is 5.22. The van der Waals surface area contributed by atoms with Gasteiger partial charge in [-0.1, -0.05) is 170 Å². The van der Waals surface area contributed by atoms with E-state index in [0.29, 0.717) is 0 Å². The molecule has 2 heterocycles. The van der Waals surface area contributed by atoms with Crippen molar-refractivity contribution in [3.8, 4) is 22.3 Å². The summed E-state index contributed by atoms with van der Waals surface area (Å²) in [6.45, 7) is 0. The zero-order valence-corrected chi connectivity index (χ0v) is 35.4. The molecule has 1 nitrogen and oxygen atoms in total. The molecule has 0 N–H and O–H groups in total. The third-order valence-corrected chi connectivity index (χ3v) is 14.6. The zero-order valence-electron chi connectivity index (χ0n) is 33.8. The summed E-state index contributed by atoms with van der Waals surface area (Å²) in [5.41, 5.74) is 12.0. The Kier molecular flexibility index (Phi) is 9.02. The highest BCUT2D eigenvalue weighted by Crippen LogP contribution is 2.49. The molecule has 0 aliphatic carbocycles. The highest BCUT2D eigenvalue weighted by atomic mass is 32.1. The van der Waals surface area contributed by atoms with E-state index in [0.717, 1.165) is 17.1 Å². The lowest BCUT2D eigenvalue weighted by Gasteiger charge is -2.30. The average molecular weight is 826 g/mol. The maximum Gasteiger partial charge on any atom is 0.0546 e. The molecule has 10 aromatic carbocycles. The molecule has 1 atom stereocenters. The molecular formula is C59H39NS2. The van der Waals surface area contributed by atoms with E-state index in [2.05, 4.69) is 235 Å². The lowest BCUT2D eigenvalue weighted by molar-refractivity contribution is 0.986. The molecule has 0 aliphatic rings. The van der Waals surface area contributed by atoms with E-state index >= 15 is 0 Å². The quantitative estimate of drug-likeness (QED) is 0.138. The Morgan fingerprint density at radius 3 is 1.56 bits per heavy atom. The molecule has 0 amide bonds. The predicted molar refractivity (Wildman–Crippen MR) is 269 cm³/mol. The summed E-state index contributed by atoms with van der Waals surface area (Å²) in [5, 5.41) is 7.66. The van der Waals surface area contributed by atoms with Gasteiger partial charge in [-0.15, -0.1) is 22.7 Å². The number of benzene rings is 10. The Balaban J connectivity index is 1.15. The van der Waals surface area contributed by atoms with Gasteiger partial charge in [0.15, 0.2) is 0 Å². The van der Waals surface area contributed by atoms with Gasteiger partial charge in [-0.3, -0.25) is 0 Å². The van der Waals surface area contributed by atoms with Crippen molar-refractivity contribution in [3.63, 3.8) is 0 Å². The van der Waals surface area contributed by atoms with E-state index in [1.54, 1.807) is 0 Å². The second-order valence-corrected chi connectivity index (χ2v) is 18.2. The van der Waals surface area contributed by atoms with E-state index in [-0.39, 0.29) is 5.92 Å². The van der Waals surface area contributed by atoms with Crippen LogP contribution in [0.25, 0.3) is 73.4 Å². The van der Waals surface area contributed by atoms with E-state index in [1.165, 1.54) is 90.1 Å². The van der Waals surface area contributed by atoms with Crippen molar-refractivity contribution >= 4 is 90.9 Å². The van der Waals surface area contributed by atoms with Crippen molar-refractivity contribution in [3.05, 3.63) is 247 Å². The first kappa shape index (κ1) is 36.5. The van der Waals surface area contributed by atoms with Crippen LogP contribution in [0.1, 0.15) is 22.6 Å². The molecule has 0 bridgehead atoms. The molecule has 62 heavy (non-hydrogen) atoms. The van der Waals surface area contributed by atoms with Crippen molar-refractivity contribution in [2.75, 3.05) is 4.90 Å². The van der Waals surface area contributed by atoms with E-state index in [9.17, 15) is 0 Å². The van der Waals surface area contributed by atoms with Crippen LogP contribution in [-0.2, 0) is 0 Å². The number of para-hydroxylation sites is 1. The van der Waals surface area contributed by atoms with E-state index in [1.807, 2.05) is 22.7 Å². The minimum absolute atomic E-state index is 0.0294. The molecule has 3 heteroatoms. The SMILES string of the molecule is c1ccc(-c2cc3ccc(N(c4ccccc4)c4ccc5c(c4)sc4ccccc45)c(-c4ccccc4)c3cc2C(c2ccccc2)c2ccc3c(c2)sc2ccccc23)cc1. The standard InChI is InChI=1S/C59H39NS2/c1-5-17-39(18-6-1)50-35-42-30-34-53(60(44-23-11-4-12-24-44)45-31-33-49-47-26-14-16-28-55(47)62-57(49)37-45)59(41-21-9-3-10-22-41)51(42)38-52(50)58(40-19-7-2-8-20-40)43-29-32-48-46-25-13-15-27-54(46)61-56(48)36-43/h1-38,58H. The smallest absolute Gasteiger partial charge is 0.0546 e. The molecule has 292 valence electrons. The molecule has 0 saturated heterocycles. The minimum Gasteiger partial charge on any atom is -0.310 e. The van der Waals surface area contributed by atoms with Crippen molar-refractivity contribution in [1.82, 2.24) is 0 Å². The minimum atomic E-state index is -0.0294. The number of anilines is 3. The Morgan fingerprint density at radius 2 is 0.887 bits per heavy atom. The maximum atomic E-state index is 2.52. The highest BCUT2D eigenvalue weighted by molar-refractivity contribution is 7.26. The average Bonchev–Trinajstić information content (AvgIpc) is 3.90. The second kappa shape index (κ2) is 15.3. The van der Waals surface area contributed by atoms with Gasteiger partial charge in [0.25, 0.3) is 0 Å². The molecule has 12 aromatic rings. The van der Waals surface area contributed by atoms with Crippen LogP contribution >= 0.6 is 22.7 Å². The Morgan fingerprint density at radius 1 is 0.339 bits per heavy atom. The first-order valence-electron chi connectivity index (χ1n) is 21.2. The van der Waals surface area contributed by atoms with Gasteiger partial charge in [0, 0.05) is 63.2 Å². The van der Waals surface area contributed by atoms with Crippen LogP contribution in [0.2, 0.25) is 0 Å². The van der Waals surface area contributed by atoms with Crippen molar-refractivity contribution in [1.29, 1.82) is 0 Å². The lowest BCUT2D eigenvalue weighted by atomic mass is 9.79. The Bertz CT molecular complexity index is 3570. The van der Waals surface area contributed by atoms with Crippen LogP contribution in [0, 0.1) is 0 Å². The van der Waals surface area contributed by atoms with Crippen molar-refractivity contribution < 1.29 is 0 Å². The molecule has 0 saturated carbocycles. The molecule has 0 aliphatic heterocycles. The summed E-state index contributed by atoms with van der Waals surface area (Å²) in [4.78, 5) is 2.46. The van der Waals surface area contributed by atoms with Crippen LogP contribution < -0.4 is 4.90 Å². The molecule has 0 spiro atoms. The number of rotatable bonds is 8. The molecule has 2 aromatic heterocycles. The highest BCUT2D eigenvalue weighted by Gasteiger charge is 2.26. The summed E-state index contributed by atoms with van der Waals surface area (Å²) in [6, 6.07) is 85.2. The molecule has 0 fully saturated rings. The fraction of sp³-hybridized carbons (Fsp3) is 0.0169. The topological polar surface area (TPSA) is 3.24 Å². The largest absolute Gasteiger partial charge is 0.310 e. The molecule has 0 radical (unpaired) electrons. The monoisotopic (exact) mass is 825 g/mol. The molecule has 12 rings (SSSR count). The number of thiophene rings is 2. The van der Waals surface area contributed by atoms with Crippen LogP contribution in [0.4, 0.5) is 17.1 Å². The second-order valence-electron chi connectivity index (χ2n) is 16.0. The van der Waals surface area contributed by atoms with Crippen LogP contribution in [0.3, 0.4) is 0 Å². The fourth-order valence-electron chi connectivity index (χ4n) is 9.56. The first-order chi connectivity index (χ1) is 30.7. The third-order valence-electron chi connectivity index (χ3n) is 12.4. The van der Waals surface area contributed by atoms with Crippen molar-refractivity contribution in [2.24, 2.45) is 0 Å². The molecular weight excluding hydrogens is 787 g/mol. The van der Waals surface area contributed by atoms with Crippen LogP contribution in [-0.4, -0.2) is 0 Å². The number of nitrogens with zero attached hydrogens (tertiary/aromatic N) is 1. The first-order valence-corrected chi connectivity index (χ1v) is 22.8. The predicted octanol–water partition coefficient (Wildman–Crippen LogP) is 17.6. The van der Waals surface area contributed by atoms with Gasteiger partial charge in [-0.05, 0) is 105 Å². The number of hydrogen-bond donors (Lipinski definition) is 0. The summed E-state index contributed by atoms with van der Waals surface area (Å²) in [7, 11) is 0. The zero-order chi connectivity index (χ0) is 41.0. The van der Waals surface area contributed by atoms with Gasteiger partial charge < -0.3 is 4.90 Å². The van der Waals surface area contributed by atoms with Gasteiger partial charge in [-0.2, -0.15) is 0 Å². The number of hydrogen-bond acceptors (Lipinski definition) is 3. The summed E-state index contributed by atoms with van der Waals surface area (Å²) in [6.07, 6.45) is 0. The fourth-order valence-corrected chi connectivity index (χ4v) is 11.8. The summed E-state index contributed by atoms with van der Waals surface area (Å²) in [5.74, 6) is -0.0294. The van der Waals surface area contributed by atoms with Gasteiger partial charge in [-0.25, -0.2) is 0 Å².